The molecule has 0 unspecified atom stereocenters. The molecule has 0 aliphatic rings. The van der Waals surface area contributed by atoms with Gasteiger partial charge in [0, 0.05) is 0 Å². The van der Waals surface area contributed by atoms with Gasteiger partial charge in [-0.3, -0.25) is 0 Å². The number of benzene rings is 1. The molecule has 67 valence electrons. The van der Waals surface area contributed by atoms with Gasteiger partial charge >= 0.3 is 33.0 Å². The molecule has 0 saturated carbocycles. The van der Waals surface area contributed by atoms with Gasteiger partial charge in [0.2, 0.25) is 0 Å². The van der Waals surface area contributed by atoms with E-state index in [-0.39, 0.29) is 0 Å². The second-order valence-corrected chi connectivity index (χ2v) is 4.55. The Hall–Kier alpha value is -0.701. The van der Waals surface area contributed by atoms with Crippen molar-refractivity contribution in [3.8, 4) is 0 Å². The molecule has 4 heteroatoms. The SMILES string of the molecule is CC(=N)[Se].c1ccc2scnc2c1. The zero-order valence-electron chi connectivity index (χ0n) is 7.15. The summed E-state index contributed by atoms with van der Waals surface area (Å²) in [6.07, 6.45) is 0. The molecule has 1 aromatic carbocycles. The molecule has 1 heterocycles. The normalized spacial score (nSPS) is 9.00. The number of thiazole rings is 1. The number of para-hydroxylation sites is 1. The zero-order valence-corrected chi connectivity index (χ0v) is 9.68. The van der Waals surface area contributed by atoms with Gasteiger partial charge in [-0.2, -0.15) is 0 Å². The van der Waals surface area contributed by atoms with E-state index in [9.17, 15) is 0 Å². The number of nitrogens with zero attached hydrogens (tertiary/aromatic N) is 1. The van der Waals surface area contributed by atoms with Gasteiger partial charge < -0.3 is 0 Å². The van der Waals surface area contributed by atoms with E-state index in [0.29, 0.717) is 4.61 Å². The van der Waals surface area contributed by atoms with E-state index in [4.69, 9.17) is 5.41 Å². The fourth-order valence-electron chi connectivity index (χ4n) is 0.803. The molecule has 2 rings (SSSR count). The van der Waals surface area contributed by atoms with E-state index in [2.05, 4.69) is 27.1 Å². The molecule has 0 bridgehead atoms. The summed E-state index contributed by atoms with van der Waals surface area (Å²) in [5.74, 6) is 0. The molecule has 0 aliphatic heterocycles. The Balaban J connectivity index is 0.000000184. The molecule has 0 spiro atoms. The monoisotopic (exact) mass is 257 g/mol. The van der Waals surface area contributed by atoms with Crippen molar-refractivity contribution in [3.63, 3.8) is 0 Å². The Labute approximate surface area is 89.3 Å². The Morgan fingerprint density at radius 3 is 2.69 bits per heavy atom. The summed E-state index contributed by atoms with van der Waals surface area (Å²) >= 11 is 4.16. The van der Waals surface area contributed by atoms with Gasteiger partial charge in [-0.05, 0) is 12.1 Å². The average molecular weight is 256 g/mol. The van der Waals surface area contributed by atoms with Crippen molar-refractivity contribution in [1.29, 1.82) is 5.41 Å². The molecule has 2 aromatic rings. The molecule has 1 radical (unpaired) electrons. The van der Waals surface area contributed by atoms with Crippen molar-refractivity contribution in [2.45, 2.75) is 6.92 Å². The molecule has 0 amide bonds. The van der Waals surface area contributed by atoms with Gasteiger partial charge in [-0.15, -0.1) is 11.3 Å². The number of hydrogen-bond acceptors (Lipinski definition) is 3. The summed E-state index contributed by atoms with van der Waals surface area (Å²) in [6, 6.07) is 8.13. The van der Waals surface area contributed by atoms with Crippen LogP contribution >= 0.6 is 11.3 Å². The minimum atomic E-state index is 0.542. The average Bonchev–Trinajstić information content (AvgIpc) is 2.49. The van der Waals surface area contributed by atoms with Crippen LogP contribution in [0.4, 0.5) is 0 Å². The first-order valence-corrected chi connectivity index (χ1v) is 5.44. The summed E-state index contributed by atoms with van der Waals surface area (Å²) in [5.41, 5.74) is 2.97. The number of fused-ring (bicyclic) bond motifs is 1. The minimum Gasteiger partial charge on any atom is -0.245 e. The van der Waals surface area contributed by atoms with E-state index in [1.54, 1.807) is 18.3 Å². The maximum absolute atomic E-state index is 6.44. The standard InChI is InChI=1S/C7H5NS.C2H4NSe/c1-2-4-7-6(3-1)8-5-9-7;1-2(3)4/h1-5H;3H,1H3. The van der Waals surface area contributed by atoms with Gasteiger partial charge in [0.05, 0.1) is 15.7 Å². The number of nitrogens with one attached hydrogen (secondary N) is 1. The van der Waals surface area contributed by atoms with Gasteiger partial charge in [0.1, 0.15) is 0 Å². The molecule has 1 N–H and O–H groups in total. The van der Waals surface area contributed by atoms with Crippen molar-refractivity contribution in [2.75, 3.05) is 0 Å². The third-order valence-corrected chi connectivity index (χ3v) is 2.05. The van der Waals surface area contributed by atoms with E-state index < -0.39 is 0 Å². The van der Waals surface area contributed by atoms with Crippen molar-refractivity contribution in [3.05, 3.63) is 29.8 Å². The third-order valence-electron chi connectivity index (χ3n) is 1.24. The molecule has 0 saturated heterocycles. The van der Waals surface area contributed by atoms with Gasteiger partial charge in [0.15, 0.2) is 0 Å². The largest absolute Gasteiger partial charge is 0.245 e. The fourth-order valence-corrected chi connectivity index (χ4v) is 1.48. The Kier molecular flexibility index (Phi) is 4.09. The predicted octanol–water partition coefficient (Wildman–Crippen LogP) is 2.45. The first-order chi connectivity index (χ1) is 6.20. The number of rotatable bonds is 0. The molecular weight excluding hydrogens is 247 g/mol. The van der Waals surface area contributed by atoms with Crippen LogP contribution in [0.1, 0.15) is 6.92 Å². The van der Waals surface area contributed by atoms with E-state index in [0.717, 1.165) is 5.52 Å². The molecular formula is C9H9N2SSe. The molecule has 0 aliphatic carbocycles. The quantitative estimate of drug-likeness (QED) is 0.570. The van der Waals surface area contributed by atoms with E-state index >= 15 is 0 Å². The first-order valence-electron chi connectivity index (χ1n) is 3.70. The van der Waals surface area contributed by atoms with Gasteiger partial charge in [0.25, 0.3) is 0 Å². The first kappa shape index (κ1) is 10.4. The maximum Gasteiger partial charge on any atom is 0.0812 e. The van der Waals surface area contributed by atoms with Crippen LogP contribution in [0.25, 0.3) is 10.2 Å². The van der Waals surface area contributed by atoms with Gasteiger partial charge in [-0.25, -0.2) is 4.98 Å². The second-order valence-electron chi connectivity index (χ2n) is 2.38. The van der Waals surface area contributed by atoms with Crippen molar-refractivity contribution in [1.82, 2.24) is 4.98 Å². The summed E-state index contributed by atoms with van der Waals surface area (Å²) in [6.45, 7) is 1.69. The van der Waals surface area contributed by atoms with E-state index in [1.807, 2.05) is 23.7 Å². The molecule has 2 nitrogen and oxygen atoms in total. The zero-order chi connectivity index (χ0) is 9.68. The Bertz CT molecular complexity index is 363. The smallest absolute Gasteiger partial charge is 0.0812 e. The van der Waals surface area contributed by atoms with Crippen LogP contribution in [-0.2, 0) is 0 Å². The summed E-state index contributed by atoms with van der Waals surface area (Å²) < 4.78 is 1.80. The van der Waals surface area contributed by atoms with Crippen molar-refractivity contribution in [2.24, 2.45) is 0 Å². The molecule has 1 aromatic heterocycles. The van der Waals surface area contributed by atoms with Crippen LogP contribution < -0.4 is 0 Å². The Morgan fingerprint density at radius 1 is 1.46 bits per heavy atom. The summed E-state index contributed by atoms with van der Waals surface area (Å²) in [7, 11) is 0. The van der Waals surface area contributed by atoms with Crippen LogP contribution in [0.2, 0.25) is 0 Å². The second kappa shape index (κ2) is 5.12. The topological polar surface area (TPSA) is 36.7 Å². The van der Waals surface area contributed by atoms with Crippen molar-refractivity contribution >= 4 is 42.2 Å². The van der Waals surface area contributed by atoms with Crippen LogP contribution in [-0.4, -0.2) is 25.6 Å². The van der Waals surface area contributed by atoms with Crippen LogP contribution in [0, 0.1) is 5.41 Å². The predicted molar refractivity (Wildman–Crippen MR) is 58.8 cm³/mol. The summed E-state index contributed by atoms with van der Waals surface area (Å²) in [5, 5.41) is 6.44. The fraction of sp³-hybridized carbons (Fsp3) is 0.111. The molecule has 0 fully saturated rings. The van der Waals surface area contributed by atoms with Crippen molar-refractivity contribution < 1.29 is 0 Å². The van der Waals surface area contributed by atoms with Crippen LogP contribution in [0.3, 0.4) is 0 Å². The third kappa shape index (κ3) is 3.68. The van der Waals surface area contributed by atoms with Gasteiger partial charge in [-0.1, -0.05) is 12.1 Å². The minimum absolute atomic E-state index is 0.542. The van der Waals surface area contributed by atoms with Crippen LogP contribution in [0.5, 0.6) is 0 Å². The summed E-state index contributed by atoms with van der Waals surface area (Å²) in [4.78, 5) is 4.14. The molecule has 0 atom stereocenters. The molecule has 13 heavy (non-hydrogen) atoms. The number of aromatic nitrogens is 1. The Morgan fingerprint density at radius 2 is 2.08 bits per heavy atom. The maximum atomic E-state index is 6.44. The number of hydrogen-bond donors (Lipinski definition) is 1. The van der Waals surface area contributed by atoms with E-state index in [1.165, 1.54) is 4.70 Å². The van der Waals surface area contributed by atoms with Crippen LogP contribution in [0.15, 0.2) is 29.8 Å².